The van der Waals surface area contributed by atoms with E-state index in [-0.39, 0.29) is 17.0 Å². The van der Waals surface area contributed by atoms with Crippen molar-refractivity contribution in [3.8, 4) is 0 Å². The first-order chi connectivity index (χ1) is 11.5. The number of hydrogen-bond acceptors (Lipinski definition) is 3. The van der Waals surface area contributed by atoms with Gasteiger partial charge in [-0.1, -0.05) is 11.6 Å². The molecule has 2 amide bonds. The van der Waals surface area contributed by atoms with Crippen LogP contribution in [0.15, 0.2) is 34.9 Å². The van der Waals surface area contributed by atoms with Gasteiger partial charge in [0, 0.05) is 35.5 Å². The van der Waals surface area contributed by atoms with Gasteiger partial charge in [0.05, 0.1) is 5.56 Å². The van der Waals surface area contributed by atoms with Crippen molar-refractivity contribution in [3.05, 3.63) is 51.2 Å². The molecule has 1 aromatic heterocycles. The molecule has 0 spiro atoms. The number of carbonyl (C=O) groups excluding carboxylic acids is 2. The Morgan fingerprint density at radius 1 is 1.33 bits per heavy atom. The van der Waals surface area contributed by atoms with Crippen LogP contribution in [0.5, 0.6) is 0 Å². The monoisotopic (exact) mass is 407 g/mol. The zero-order valence-corrected chi connectivity index (χ0v) is 15.3. The molecule has 0 bridgehead atoms. The number of pyridine rings is 1. The first-order valence-electron chi connectivity index (χ1n) is 7.49. The lowest BCUT2D eigenvalue weighted by atomic mass is 10.0. The highest BCUT2D eigenvalue weighted by atomic mass is 79.9. The van der Waals surface area contributed by atoms with Gasteiger partial charge in [-0.05, 0) is 58.6 Å². The number of rotatable bonds is 2. The molecular weight excluding hydrogens is 394 g/mol. The Balaban J connectivity index is 1.85. The maximum Gasteiger partial charge on any atom is 0.258 e. The number of nitrogens with one attached hydrogen (secondary N) is 1. The van der Waals surface area contributed by atoms with Crippen LogP contribution in [0.1, 0.15) is 29.3 Å². The van der Waals surface area contributed by atoms with Gasteiger partial charge in [0.2, 0.25) is 5.91 Å². The Bertz CT molecular complexity index is 825. The Morgan fingerprint density at radius 3 is 2.88 bits per heavy atom. The van der Waals surface area contributed by atoms with Gasteiger partial charge in [-0.15, -0.1) is 0 Å². The largest absolute Gasteiger partial charge is 0.322 e. The number of hydrogen-bond donors (Lipinski definition) is 1. The fourth-order valence-corrected chi connectivity index (χ4v) is 3.30. The van der Waals surface area contributed by atoms with Crippen molar-refractivity contribution in [2.24, 2.45) is 0 Å². The first-order valence-corrected chi connectivity index (χ1v) is 8.66. The van der Waals surface area contributed by atoms with Gasteiger partial charge in [0.15, 0.2) is 0 Å². The molecule has 124 valence electrons. The number of amides is 2. The highest BCUT2D eigenvalue weighted by Gasteiger charge is 2.20. The van der Waals surface area contributed by atoms with Crippen LogP contribution in [0.25, 0.3) is 0 Å². The maximum absolute atomic E-state index is 12.4. The maximum atomic E-state index is 12.4. The molecule has 1 aliphatic rings. The molecule has 0 aliphatic carbocycles. The van der Waals surface area contributed by atoms with E-state index in [1.165, 1.54) is 6.20 Å². The van der Waals surface area contributed by atoms with Crippen molar-refractivity contribution in [1.29, 1.82) is 0 Å². The predicted molar refractivity (Wildman–Crippen MR) is 97.7 cm³/mol. The van der Waals surface area contributed by atoms with E-state index in [1.807, 2.05) is 12.1 Å². The molecule has 0 radical (unpaired) electrons. The summed E-state index contributed by atoms with van der Waals surface area (Å²) in [5.41, 5.74) is 2.93. The lowest BCUT2D eigenvalue weighted by molar-refractivity contribution is -0.116. The summed E-state index contributed by atoms with van der Waals surface area (Å²) in [6, 6.07) is 7.19. The zero-order valence-electron chi connectivity index (χ0n) is 13.0. The van der Waals surface area contributed by atoms with E-state index in [0.29, 0.717) is 15.7 Å². The second kappa shape index (κ2) is 6.91. The van der Waals surface area contributed by atoms with Crippen molar-refractivity contribution >= 4 is 50.7 Å². The van der Waals surface area contributed by atoms with Crippen LogP contribution in [0.4, 0.5) is 11.4 Å². The van der Waals surface area contributed by atoms with E-state index in [4.69, 9.17) is 11.6 Å². The lowest BCUT2D eigenvalue weighted by Crippen LogP contribution is -2.33. The summed E-state index contributed by atoms with van der Waals surface area (Å²) in [4.78, 5) is 29.8. The number of benzene rings is 1. The standard InChI is InChI=1S/C17H15BrClN3O2/c1-10(23)22-6-2-3-11-7-13(4-5-15(11)22)21-17(24)14-8-12(18)9-20-16(14)19/h4-5,7-9H,2-3,6H2,1H3,(H,21,24). The van der Waals surface area contributed by atoms with E-state index in [2.05, 4.69) is 26.2 Å². The lowest BCUT2D eigenvalue weighted by Gasteiger charge is -2.29. The van der Waals surface area contributed by atoms with Crippen LogP contribution >= 0.6 is 27.5 Å². The zero-order chi connectivity index (χ0) is 17.3. The summed E-state index contributed by atoms with van der Waals surface area (Å²) in [5.74, 6) is -0.298. The van der Waals surface area contributed by atoms with Gasteiger partial charge in [-0.3, -0.25) is 9.59 Å². The first kappa shape index (κ1) is 16.9. The smallest absolute Gasteiger partial charge is 0.258 e. The van der Waals surface area contributed by atoms with Crippen LogP contribution in [0.3, 0.4) is 0 Å². The van der Waals surface area contributed by atoms with E-state index in [0.717, 1.165) is 30.6 Å². The third kappa shape index (κ3) is 3.44. The molecule has 1 N–H and O–H groups in total. The Labute approximate surface area is 153 Å². The van der Waals surface area contributed by atoms with Crippen LogP contribution in [-0.2, 0) is 11.2 Å². The molecule has 1 aromatic carbocycles. The average Bonchev–Trinajstić information content (AvgIpc) is 2.56. The fourth-order valence-electron chi connectivity index (χ4n) is 2.78. The third-order valence-corrected chi connectivity index (χ3v) is 4.62. The van der Waals surface area contributed by atoms with Crippen molar-refractivity contribution < 1.29 is 9.59 Å². The van der Waals surface area contributed by atoms with Gasteiger partial charge in [0.1, 0.15) is 5.15 Å². The Kier molecular flexibility index (Phi) is 4.87. The molecule has 24 heavy (non-hydrogen) atoms. The highest BCUT2D eigenvalue weighted by Crippen LogP contribution is 2.30. The van der Waals surface area contributed by atoms with Gasteiger partial charge < -0.3 is 10.2 Å². The van der Waals surface area contributed by atoms with Crippen LogP contribution in [0.2, 0.25) is 5.15 Å². The number of aryl methyl sites for hydroxylation is 1. The van der Waals surface area contributed by atoms with E-state index >= 15 is 0 Å². The molecule has 3 rings (SSSR count). The summed E-state index contributed by atoms with van der Waals surface area (Å²) >= 11 is 9.27. The minimum absolute atomic E-state index is 0.0275. The summed E-state index contributed by atoms with van der Waals surface area (Å²) in [7, 11) is 0. The van der Waals surface area contributed by atoms with Gasteiger partial charge in [0.25, 0.3) is 5.91 Å². The number of carbonyl (C=O) groups is 2. The molecule has 1 aliphatic heterocycles. The second-order valence-corrected chi connectivity index (χ2v) is 6.84. The normalized spacial score (nSPS) is 13.4. The van der Waals surface area contributed by atoms with Gasteiger partial charge >= 0.3 is 0 Å². The molecule has 0 atom stereocenters. The summed E-state index contributed by atoms with van der Waals surface area (Å²) < 4.78 is 0.680. The number of anilines is 2. The average molecular weight is 409 g/mol. The highest BCUT2D eigenvalue weighted by molar-refractivity contribution is 9.10. The van der Waals surface area contributed by atoms with Crippen molar-refractivity contribution in [2.75, 3.05) is 16.8 Å². The van der Waals surface area contributed by atoms with Crippen molar-refractivity contribution in [3.63, 3.8) is 0 Å². The molecule has 0 unspecified atom stereocenters. The van der Waals surface area contributed by atoms with Gasteiger partial charge in [-0.2, -0.15) is 0 Å². The summed E-state index contributed by atoms with van der Waals surface area (Å²) in [5, 5.41) is 2.98. The minimum atomic E-state index is -0.326. The SMILES string of the molecule is CC(=O)N1CCCc2cc(NC(=O)c3cc(Br)cnc3Cl)ccc21. The quantitative estimate of drug-likeness (QED) is 0.763. The molecule has 7 heteroatoms. The van der Waals surface area contributed by atoms with E-state index < -0.39 is 0 Å². The molecule has 2 heterocycles. The Morgan fingerprint density at radius 2 is 2.12 bits per heavy atom. The fraction of sp³-hybridized carbons (Fsp3) is 0.235. The van der Waals surface area contributed by atoms with Crippen molar-refractivity contribution in [1.82, 2.24) is 4.98 Å². The molecule has 2 aromatic rings. The summed E-state index contributed by atoms with van der Waals surface area (Å²) in [6.07, 6.45) is 3.32. The number of nitrogens with zero attached hydrogens (tertiary/aromatic N) is 2. The van der Waals surface area contributed by atoms with Crippen LogP contribution in [-0.4, -0.2) is 23.3 Å². The molecule has 0 fully saturated rings. The molecule has 5 nitrogen and oxygen atoms in total. The molecular formula is C17H15BrClN3O2. The summed E-state index contributed by atoms with van der Waals surface area (Å²) in [6.45, 7) is 2.29. The van der Waals surface area contributed by atoms with Crippen LogP contribution in [0, 0.1) is 0 Å². The van der Waals surface area contributed by atoms with Gasteiger partial charge in [-0.25, -0.2) is 4.98 Å². The second-order valence-electron chi connectivity index (χ2n) is 5.56. The predicted octanol–water partition coefficient (Wildman–Crippen LogP) is 4.05. The topological polar surface area (TPSA) is 62.3 Å². The van der Waals surface area contributed by atoms with Crippen LogP contribution < -0.4 is 10.2 Å². The molecule has 0 saturated carbocycles. The Hall–Kier alpha value is -1.92. The third-order valence-electron chi connectivity index (χ3n) is 3.89. The minimum Gasteiger partial charge on any atom is -0.322 e. The van der Waals surface area contributed by atoms with E-state index in [1.54, 1.807) is 24.0 Å². The molecule has 0 saturated heterocycles. The number of aromatic nitrogens is 1. The van der Waals surface area contributed by atoms with Crippen molar-refractivity contribution in [2.45, 2.75) is 19.8 Å². The number of halogens is 2. The van der Waals surface area contributed by atoms with E-state index in [9.17, 15) is 9.59 Å². The number of fused-ring (bicyclic) bond motifs is 1.